The molecule has 0 amide bonds. The first-order valence-electron chi connectivity index (χ1n) is 9.65. The Kier molecular flexibility index (Phi) is 39.6. The van der Waals surface area contributed by atoms with Crippen molar-refractivity contribution in [1.29, 1.82) is 0 Å². The molecule has 3 heterocycles. The maximum Gasteiger partial charge on any atom is 0.508 e. The minimum absolute atomic E-state index is 0. The minimum Gasteiger partial charge on any atom is -0.450 e. The maximum absolute atomic E-state index is 10.0. The highest BCUT2D eigenvalue weighted by atomic mass is 16.8. The Bertz CT molecular complexity index is 399. The number of hydrogen-bond donors (Lipinski definition) is 2. The number of carboxylic acid groups (broad SMARTS) is 2. The van der Waals surface area contributed by atoms with Crippen LogP contribution < -0.4 is 0 Å². The van der Waals surface area contributed by atoms with Gasteiger partial charge in [0.1, 0.15) is 25.9 Å². The molecule has 188 valence electrons. The molecule has 0 aromatic rings. The lowest BCUT2D eigenvalue weighted by Crippen LogP contribution is -2.16. The van der Waals surface area contributed by atoms with Gasteiger partial charge >= 0.3 is 24.6 Å². The fraction of sp³-hybridized carbons (Fsp3) is 0.789. The summed E-state index contributed by atoms with van der Waals surface area (Å²) in [6.45, 7) is 16.0. The molecule has 0 saturated carbocycles. The number of carbonyl (C=O) groups excluding carboxylic acids is 3. The smallest absolute Gasteiger partial charge is 0.450 e. The van der Waals surface area contributed by atoms with E-state index in [9.17, 15) is 14.4 Å². The Morgan fingerprint density at radius 2 is 1.03 bits per heavy atom. The van der Waals surface area contributed by atoms with Crippen LogP contribution in [0.15, 0.2) is 0 Å². The summed E-state index contributed by atoms with van der Waals surface area (Å²) in [5.74, 6) is 0. The molecule has 0 aliphatic carbocycles. The van der Waals surface area contributed by atoms with Crippen molar-refractivity contribution in [3.63, 3.8) is 0 Å². The van der Waals surface area contributed by atoms with E-state index in [2.05, 4.69) is 28.4 Å². The summed E-state index contributed by atoms with van der Waals surface area (Å²) in [5, 5.41) is 13.9. The summed E-state index contributed by atoms with van der Waals surface area (Å²) in [6.07, 6.45) is -2.69. The van der Waals surface area contributed by atoms with Crippen LogP contribution in [0.2, 0.25) is 0 Å². The van der Waals surface area contributed by atoms with Crippen LogP contribution in [0.1, 0.15) is 62.3 Å². The Hall–Kier alpha value is -2.92. The predicted octanol–water partition coefficient (Wildman–Crippen LogP) is 5.18. The lowest BCUT2D eigenvalue weighted by Gasteiger charge is -2.09. The largest absolute Gasteiger partial charge is 0.508 e. The van der Waals surface area contributed by atoms with Gasteiger partial charge in [0, 0.05) is 6.42 Å². The standard InChI is InChI=1S/2C4H6O3.C3H4O3.3C2H6.CH2O3.CH4/c1-3-2-6-4(5)7-3;5-4-6-2-1-3-7-4;4-3-5-1-2-6-3;3*1-2;2-1(3)4;/h3H,2H2,1H3;1-3H2;1-2H2;3*1-2H3;(H2,2,3,4);1H4. The molecular formula is C19H40O12. The summed E-state index contributed by atoms with van der Waals surface area (Å²) < 4.78 is 26.3. The summed E-state index contributed by atoms with van der Waals surface area (Å²) in [6, 6.07) is 0. The van der Waals surface area contributed by atoms with Gasteiger partial charge < -0.3 is 38.6 Å². The van der Waals surface area contributed by atoms with Crippen molar-refractivity contribution in [2.75, 3.05) is 33.0 Å². The Morgan fingerprint density at radius 1 is 0.710 bits per heavy atom. The number of carbonyl (C=O) groups is 4. The van der Waals surface area contributed by atoms with E-state index >= 15 is 0 Å². The van der Waals surface area contributed by atoms with Gasteiger partial charge in [0.05, 0.1) is 13.2 Å². The lowest BCUT2D eigenvalue weighted by atomic mass is 10.5. The van der Waals surface area contributed by atoms with Crippen molar-refractivity contribution in [3.05, 3.63) is 0 Å². The number of ether oxygens (including phenoxy) is 6. The van der Waals surface area contributed by atoms with E-state index in [1.807, 2.05) is 41.5 Å². The van der Waals surface area contributed by atoms with E-state index in [1.165, 1.54) is 0 Å². The van der Waals surface area contributed by atoms with E-state index < -0.39 is 24.6 Å². The molecule has 1 atom stereocenters. The van der Waals surface area contributed by atoms with Crippen molar-refractivity contribution in [2.45, 2.75) is 68.4 Å². The Balaban J connectivity index is -0.0000000900. The molecule has 3 rings (SSSR count). The quantitative estimate of drug-likeness (QED) is 0.360. The molecule has 12 nitrogen and oxygen atoms in total. The van der Waals surface area contributed by atoms with Gasteiger partial charge in [0.15, 0.2) is 0 Å². The van der Waals surface area contributed by atoms with Crippen molar-refractivity contribution in [2.24, 2.45) is 0 Å². The van der Waals surface area contributed by atoms with E-state index in [1.54, 1.807) is 6.92 Å². The first-order valence-corrected chi connectivity index (χ1v) is 9.65. The van der Waals surface area contributed by atoms with Crippen LogP contribution in [0.25, 0.3) is 0 Å². The highest BCUT2D eigenvalue weighted by Crippen LogP contribution is 2.02. The van der Waals surface area contributed by atoms with Gasteiger partial charge in [0.2, 0.25) is 0 Å². The third-order valence-electron chi connectivity index (χ3n) is 1.98. The molecule has 0 radical (unpaired) electrons. The SMILES string of the molecule is C.CC.CC.CC.CC1COC(=O)O1.O=C(O)O.O=C1OCCCO1.O=C1OCCO1. The van der Waals surface area contributed by atoms with Crippen molar-refractivity contribution in [1.82, 2.24) is 0 Å². The first-order chi connectivity index (χ1) is 14.3. The number of hydrogen-bond acceptors (Lipinski definition) is 10. The monoisotopic (exact) mass is 460 g/mol. The summed E-state index contributed by atoms with van der Waals surface area (Å²) in [4.78, 5) is 38.4. The first kappa shape index (κ1) is 38.7. The van der Waals surface area contributed by atoms with Gasteiger partial charge in [-0.15, -0.1) is 0 Å². The third kappa shape index (κ3) is 38.3. The van der Waals surface area contributed by atoms with Gasteiger partial charge in [-0.2, -0.15) is 0 Å². The highest BCUT2D eigenvalue weighted by Gasteiger charge is 2.19. The van der Waals surface area contributed by atoms with Crippen LogP contribution in [0.4, 0.5) is 19.2 Å². The van der Waals surface area contributed by atoms with E-state index in [-0.39, 0.29) is 13.5 Å². The van der Waals surface area contributed by atoms with Gasteiger partial charge in [-0.05, 0) is 6.92 Å². The Morgan fingerprint density at radius 3 is 1.16 bits per heavy atom. The molecule has 12 heteroatoms. The van der Waals surface area contributed by atoms with Crippen LogP contribution in [-0.2, 0) is 28.4 Å². The molecule has 1 unspecified atom stereocenters. The fourth-order valence-corrected chi connectivity index (χ4v) is 1.12. The van der Waals surface area contributed by atoms with Gasteiger partial charge in [-0.25, -0.2) is 19.2 Å². The normalized spacial score (nSPS) is 16.4. The molecule has 3 fully saturated rings. The lowest BCUT2D eigenvalue weighted by molar-refractivity contribution is 0.0192. The second kappa shape index (κ2) is 31.8. The molecule has 0 bridgehead atoms. The molecule has 3 aliphatic heterocycles. The van der Waals surface area contributed by atoms with Gasteiger partial charge in [-0.3, -0.25) is 0 Å². The molecule has 31 heavy (non-hydrogen) atoms. The number of rotatable bonds is 0. The zero-order valence-electron chi connectivity index (χ0n) is 18.8. The minimum atomic E-state index is -1.83. The summed E-state index contributed by atoms with van der Waals surface area (Å²) in [7, 11) is 0. The van der Waals surface area contributed by atoms with Crippen molar-refractivity contribution >= 4 is 24.6 Å². The van der Waals surface area contributed by atoms with Crippen LogP contribution >= 0.6 is 0 Å². The van der Waals surface area contributed by atoms with Gasteiger partial charge in [0.25, 0.3) is 0 Å². The summed E-state index contributed by atoms with van der Waals surface area (Å²) >= 11 is 0. The van der Waals surface area contributed by atoms with Crippen molar-refractivity contribution in [3.8, 4) is 0 Å². The van der Waals surface area contributed by atoms with Crippen LogP contribution in [0.3, 0.4) is 0 Å². The van der Waals surface area contributed by atoms with Gasteiger partial charge in [-0.1, -0.05) is 49.0 Å². The molecule has 0 spiro atoms. The molecule has 2 N–H and O–H groups in total. The number of cyclic esters (lactones) is 6. The Labute approximate surface area is 184 Å². The molecular weight excluding hydrogens is 420 g/mol. The van der Waals surface area contributed by atoms with E-state index in [0.29, 0.717) is 33.0 Å². The topological polar surface area (TPSA) is 164 Å². The highest BCUT2D eigenvalue weighted by molar-refractivity contribution is 5.61. The fourth-order valence-electron chi connectivity index (χ4n) is 1.12. The average molecular weight is 461 g/mol. The summed E-state index contributed by atoms with van der Waals surface area (Å²) in [5.41, 5.74) is 0. The van der Waals surface area contributed by atoms with Crippen LogP contribution in [0, 0.1) is 0 Å². The van der Waals surface area contributed by atoms with Crippen LogP contribution in [0.5, 0.6) is 0 Å². The zero-order valence-corrected chi connectivity index (χ0v) is 18.8. The molecule has 0 aromatic carbocycles. The maximum atomic E-state index is 10.0. The second-order valence-electron chi connectivity index (χ2n) is 4.02. The van der Waals surface area contributed by atoms with E-state index in [0.717, 1.165) is 6.42 Å². The molecule has 3 saturated heterocycles. The zero-order chi connectivity index (χ0) is 24.4. The average Bonchev–Trinajstić information content (AvgIpc) is 3.38. The van der Waals surface area contributed by atoms with Crippen LogP contribution in [-0.4, -0.2) is 74.0 Å². The second-order valence-corrected chi connectivity index (χ2v) is 4.02. The predicted molar refractivity (Wildman–Crippen MR) is 113 cm³/mol. The van der Waals surface area contributed by atoms with E-state index in [4.69, 9.17) is 15.0 Å². The third-order valence-corrected chi connectivity index (χ3v) is 1.98. The molecule has 0 aromatic heterocycles. The van der Waals surface area contributed by atoms with Crippen molar-refractivity contribution < 1.29 is 57.8 Å². The molecule has 3 aliphatic rings.